The number of aryl methyl sites for hydroxylation is 1. The predicted molar refractivity (Wildman–Crippen MR) is 97.7 cm³/mol. The van der Waals surface area contributed by atoms with Crippen LogP contribution in [0.3, 0.4) is 0 Å². The van der Waals surface area contributed by atoms with Crippen LogP contribution in [-0.2, 0) is 17.8 Å². The van der Waals surface area contributed by atoms with Crippen LogP contribution in [0.25, 0.3) is 0 Å². The van der Waals surface area contributed by atoms with Gasteiger partial charge < -0.3 is 9.80 Å². The summed E-state index contributed by atoms with van der Waals surface area (Å²) in [5.74, 6) is -0.103. The fraction of sp³-hybridized carbons (Fsp3) is 0.421. The molecule has 25 heavy (non-hydrogen) atoms. The molecule has 1 atom stereocenters. The zero-order valence-corrected chi connectivity index (χ0v) is 15.0. The second kappa shape index (κ2) is 7.09. The van der Waals surface area contributed by atoms with E-state index in [0.29, 0.717) is 0 Å². The molecule has 6 nitrogen and oxygen atoms in total. The molecular formula is C19H24N4O2. The summed E-state index contributed by atoms with van der Waals surface area (Å²) in [6, 6.07) is 9.84. The Hall–Kier alpha value is -2.63. The molecule has 0 aliphatic heterocycles. The van der Waals surface area contributed by atoms with Crippen LogP contribution in [0.2, 0.25) is 0 Å². The minimum Gasteiger partial charge on any atom is -0.376 e. The first kappa shape index (κ1) is 17.2. The van der Waals surface area contributed by atoms with Gasteiger partial charge in [-0.05, 0) is 30.4 Å². The highest BCUT2D eigenvalue weighted by molar-refractivity contribution is 5.76. The lowest BCUT2D eigenvalue weighted by Crippen LogP contribution is -2.38. The minimum atomic E-state index is -0.267. The third kappa shape index (κ3) is 3.57. The third-order valence-corrected chi connectivity index (χ3v) is 4.86. The molecule has 1 aromatic heterocycles. The molecule has 6 heteroatoms. The van der Waals surface area contributed by atoms with Gasteiger partial charge in [0.2, 0.25) is 5.91 Å². The van der Waals surface area contributed by atoms with Crippen molar-refractivity contribution in [1.82, 2.24) is 14.7 Å². The van der Waals surface area contributed by atoms with Gasteiger partial charge in [0.1, 0.15) is 6.54 Å². The molecule has 1 unspecified atom stereocenters. The molecule has 0 fully saturated rings. The number of nitrogens with zero attached hydrogens (tertiary/aromatic N) is 4. The van der Waals surface area contributed by atoms with Gasteiger partial charge in [0.05, 0.1) is 17.9 Å². The van der Waals surface area contributed by atoms with E-state index in [0.717, 1.165) is 24.9 Å². The van der Waals surface area contributed by atoms with Crippen molar-refractivity contribution in [1.29, 1.82) is 0 Å². The SMILES string of the molecule is CN(C)c1cnn(CC(=O)N(C)C2CCCc3ccccc32)c(=O)c1. The standard InChI is InChI=1S/C19H24N4O2/c1-21(2)15-11-18(24)23(20-12-15)13-19(25)22(3)17-10-6-8-14-7-4-5-9-16(14)17/h4-5,7,9,11-12,17H,6,8,10,13H2,1-3H3. The summed E-state index contributed by atoms with van der Waals surface area (Å²) < 4.78 is 1.22. The Bertz CT molecular complexity index is 828. The number of aromatic nitrogens is 2. The van der Waals surface area contributed by atoms with Crippen LogP contribution in [0.15, 0.2) is 41.3 Å². The summed E-state index contributed by atoms with van der Waals surface area (Å²) in [5.41, 5.74) is 2.98. The smallest absolute Gasteiger partial charge is 0.269 e. The lowest BCUT2D eigenvalue weighted by molar-refractivity contribution is -0.133. The van der Waals surface area contributed by atoms with Gasteiger partial charge in [0.25, 0.3) is 5.56 Å². The van der Waals surface area contributed by atoms with E-state index < -0.39 is 0 Å². The number of hydrogen-bond donors (Lipinski definition) is 0. The number of amides is 1. The van der Waals surface area contributed by atoms with Crippen molar-refractivity contribution >= 4 is 11.6 Å². The monoisotopic (exact) mass is 340 g/mol. The molecular weight excluding hydrogens is 316 g/mol. The lowest BCUT2D eigenvalue weighted by atomic mass is 9.87. The zero-order chi connectivity index (χ0) is 18.0. The highest BCUT2D eigenvalue weighted by Gasteiger charge is 2.26. The predicted octanol–water partition coefficient (Wildman–Crippen LogP) is 1.85. The van der Waals surface area contributed by atoms with Crippen molar-refractivity contribution in [3.63, 3.8) is 0 Å². The molecule has 1 aliphatic carbocycles. The first-order valence-corrected chi connectivity index (χ1v) is 8.55. The Morgan fingerprint density at radius 1 is 1.28 bits per heavy atom. The van der Waals surface area contributed by atoms with Crippen LogP contribution in [0, 0.1) is 0 Å². The van der Waals surface area contributed by atoms with E-state index in [9.17, 15) is 9.59 Å². The molecule has 3 rings (SSSR count). The molecule has 0 saturated carbocycles. The van der Waals surface area contributed by atoms with Crippen molar-refractivity contribution < 1.29 is 4.79 Å². The number of likely N-dealkylation sites (N-methyl/N-ethyl adjacent to an activating group) is 1. The van der Waals surface area contributed by atoms with E-state index in [1.807, 2.05) is 38.2 Å². The second-order valence-electron chi connectivity index (χ2n) is 6.72. The number of hydrogen-bond acceptors (Lipinski definition) is 4. The Labute approximate surface area is 147 Å². The lowest BCUT2D eigenvalue weighted by Gasteiger charge is -2.33. The normalized spacial score (nSPS) is 16.2. The fourth-order valence-electron chi connectivity index (χ4n) is 3.33. The van der Waals surface area contributed by atoms with Crippen LogP contribution in [0.1, 0.15) is 30.0 Å². The number of rotatable bonds is 4. The molecule has 1 heterocycles. The van der Waals surface area contributed by atoms with Gasteiger partial charge in [-0.25, -0.2) is 4.68 Å². The van der Waals surface area contributed by atoms with Gasteiger partial charge in [-0.15, -0.1) is 0 Å². The van der Waals surface area contributed by atoms with E-state index in [-0.39, 0.29) is 24.1 Å². The summed E-state index contributed by atoms with van der Waals surface area (Å²) >= 11 is 0. The third-order valence-electron chi connectivity index (χ3n) is 4.86. The molecule has 0 N–H and O–H groups in total. The highest BCUT2D eigenvalue weighted by Crippen LogP contribution is 2.33. The molecule has 0 spiro atoms. The molecule has 1 amide bonds. The molecule has 1 aliphatic rings. The van der Waals surface area contributed by atoms with Gasteiger partial charge in [-0.3, -0.25) is 9.59 Å². The second-order valence-corrected chi connectivity index (χ2v) is 6.72. The van der Waals surface area contributed by atoms with Gasteiger partial charge in [-0.2, -0.15) is 5.10 Å². The van der Waals surface area contributed by atoms with Gasteiger partial charge in [-0.1, -0.05) is 24.3 Å². The van der Waals surface area contributed by atoms with Crippen LogP contribution < -0.4 is 10.5 Å². The Balaban J connectivity index is 1.77. The average molecular weight is 340 g/mol. The van der Waals surface area contributed by atoms with E-state index in [1.165, 1.54) is 21.9 Å². The summed E-state index contributed by atoms with van der Waals surface area (Å²) in [6.07, 6.45) is 4.67. The molecule has 2 aromatic rings. The van der Waals surface area contributed by atoms with Gasteiger partial charge >= 0.3 is 0 Å². The molecule has 1 aromatic carbocycles. The molecule has 0 bridgehead atoms. The van der Waals surface area contributed by atoms with Crippen molar-refractivity contribution in [2.45, 2.75) is 31.8 Å². The average Bonchev–Trinajstić information content (AvgIpc) is 2.62. The Morgan fingerprint density at radius 3 is 2.76 bits per heavy atom. The molecule has 0 radical (unpaired) electrons. The van der Waals surface area contributed by atoms with Gasteiger partial charge in [0.15, 0.2) is 0 Å². The first-order chi connectivity index (χ1) is 12.0. The van der Waals surface area contributed by atoms with E-state index in [1.54, 1.807) is 11.1 Å². The summed E-state index contributed by atoms with van der Waals surface area (Å²) in [7, 11) is 5.51. The number of benzene rings is 1. The zero-order valence-electron chi connectivity index (χ0n) is 15.0. The van der Waals surface area contributed by atoms with Crippen molar-refractivity contribution in [3.05, 3.63) is 58.0 Å². The maximum absolute atomic E-state index is 12.7. The Kier molecular flexibility index (Phi) is 4.88. The number of carbonyl (C=O) groups is 1. The number of fused-ring (bicyclic) bond motifs is 1. The first-order valence-electron chi connectivity index (χ1n) is 8.55. The van der Waals surface area contributed by atoms with Gasteiger partial charge in [0, 0.05) is 27.2 Å². The molecule has 132 valence electrons. The number of anilines is 1. The largest absolute Gasteiger partial charge is 0.376 e. The van der Waals surface area contributed by atoms with E-state index in [4.69, 9.17) is 0 Å². The summed E-state index contributed by atoms with van der Waals surface area (Å²) in [4.78, 5) is 28.5. The number of carbonyl (C=O) groups excluding carboxylic acids is 1. The fourth-order valence-corrected chi connectivity index (χ4v) is 3.33. The maximum atomic E-state index is 12.7. The summed E-state index contributed by atoms with van der Waals surface area (Å²) in [6.45, 7) is -0.0400. The van der Waals surface area contributed by atoms with Crippen LogP contribution in [0.4, 0.5) is 5.69 Å². The highest BCUT2D eigenvalue weighted by atomic mass is 16.2. The van der Waals surface area contributed by atoms with Crippen molar-refractivity contribution in [2.24, 2.45) is 0 Å². The minimum absolute atomic E-state index is 0.0400. The van der Waals surface area contributed by atoms with Crippen molar-refractivity contribution in [3.8, 4) is 0 Å². The van der Waals surface area contributed by atoms with E-state index in [2.05, 4.69) is 17.2 Å². The Morgan fingerprint density at radius 2 is 2.04 bits per heavy atom. The topological polar surface area (TPSA) is 58.4 Å². The summed E-state index contributed by atoms with van der Waals surface area (Å²) in [5, 5.41) is 4.13. The van der Waals surface area contributed by atoms with E-state index >= 15 is 0 Å². The molecule has 0 saturated heterocycles. The van der Waals surface area contributed by atoms with Crippen LogP contribution in [-0.4, -0.2) is 41.7 Å². The maximum Gasteiger partial charge on any atom is 0.269 e. The van der Waals surface area contributed by atoms with Crippen LogP contribution >= 0.6 is 0 Å². The quantitative estimate of drug-likeness (QED) is 0.852. The van der Waals surface area contributed by atoms with Crippen LogP contribution in [0.5, 0.6) is 0 Å². The van der Waals surface area contributed by atoms with Crippen molar-refractivity contribution in [2.75, 3.05) is 26.0 Å².